The number of methoxy groups -OCH3 is 1. The average molecular weight is 400 g/mol. The first kappa shape index (κ1) is 19.4. The maximum Gasteiger partial charge on any atom is 0.260 e. The molecule has 3 amide bonds. The van der Waals surface area contributed by atoms with E-state index in [2.05, 4.69) is 5.32 Å². The van der Waals surface area contributed by atoms with Crippen molar-refractivity contribution in [3.8, 4) is 5.75 Å². The average Bonchev–Trinajstić information content (AvgIpc) is 2.79. The largest absolute Gasteiger partial charge is 0.496 e. The number of imide groups is 1. The topological polar surface area (TPSA) is 75.7 Å². The van der Waals surface area contributed by atoms with Gasteiger partial charge in [-0.25, -0.2) is 0 Å². The molecule has 3 aromatic rings. The number of rotatable bonds is 4. The summed E-state index contributed by atoms with van der Waals surface area (Å²) in [7, 11) is 1.51. The first-order chi connectivity index (χ1) is 14.6. The van der Waals surface area contributed by atoms with Crippen LogP contribution in [0, 0.1) is 0 Å². The molecule has 1 N–H and O–H groups in total. The summed E-state index contributed by atoms with van der Waals surface area (Å²) >= 11 is 0. The Morgan fingerprint density at radius 1 is 0.933 bits per heavy atom. The number of carbonyl (C=O) groups excluding carboxylic acids is 3. The number of amides is 3. The van der Waals surface area contributed by atoms with Gasteiger partial charge >= 0.3 is 0 Å². The van der Waals surface area contributed by atoms with Crippen LogP contribution in [-0.4, -0.2) is 29.7 Å². The Labute approximate surface area is 174 Å². The summed E-state index contributed by atoms with van der Waals surface area (Å²) in [5.41, 5.74) is 3.17. The van der Waals surface area contributed by atoms with Crippen LogP contribution in [0.5, 0.6) is 5.75 Å². The number of ether oxygens (including phenoxy) is 1. The molecule has 0 aliphatic carbocycles. The van der Waals surface area contributed by atoms with Gasteiger partial charge in [-0.15, -0.1) is 0 Å². The molecule has 0 radical (unpaired) electrons. The Kier molecular flexibility index (Phi) is 5.30. The third kappa shape index (κ3) is 3.80. The molecule has 6 heteroatoms. The summed E-state index contributed by atoms with van der Waals surface area (Å²) < 4.78 is 5.25. The zero-order valence-corrected chi connectivity index (χ0v) is 16.4. The van der Waals surface area contributed by atoms with Crippen molar-refractivity contribution in [1.29, 1.82) is 0 Å². The van der Waals surface area contributed by atoms with E-state index in [0.717, 1.165) is 11.1 Å². The SMILES string of the molecule is COc1ccccc1C(=O)Nc1ccc2c(c1)CN(C(=O)c1ccccc1)C(=O)C2. The molecule has 0 bridgehead atoms. The minimum Gasteiger partial charge on any atom is -0.496 e. The first-order valence-electron chi connectivity index (χ1n) is 9.52. The van der Waals surface area contributed by atoms with E-state index in [-0.39, 0.29) is 30.7 Å². The monoisotopic (exact) mass is 400 g/mol. The van der Waals surface area contributed by atoms with Gasteiger partial charge < -0.3 is 10.1 Å². The van der Waals surface area contributed by atoms with E-state index in [1.807, 2.05) is 12.1 Å². The fraction of sp³-hybridized carbons (Fsp3) is 0.125. The lowest BCUT2D eigenvalue weighted by molar-refractivity contribution is -0.129. The minimum absolute atomic E-state index is 0.147. The highest BCUT2D eigenvalue weighted by Gasteiger charge is 2.29. The molecule has 1 aliphatic rings. The lowest BCUT2D eigenvalue weighted by atomic mass is 9.97. The summed E-state index contributed by atoms with van der Waals surface area (Å²) in [5, 5.41) is 2.86. The van der Waals surface area contributed by atoms with Crippen LogP contribution in [0.25, 0.3) is 0 Å². The number of benzene rings is 3. The maximum absolute atomic E-state index is 12.8. The van der Waals surface area contributed by atoms with Crippen molar-refractivity contribution in [1.82, 2.24) is 4.90 Å². The number of hydrogen-bond acceptors (Lipinski definition) is 4. The van der Waals surface area contributed by atoms with Crippen LogP contribution in [0.4, 0.5) is 5.69 Å². The number of para-hydroxylation sites is 1. The third-order valence-electron chi connectivity index (χ3n) is 5.05. The van der Waals surface area contributed by atoms with Crippen LogP contribution < -0.4 is 10.1 Å². The van der Waals surface area contributed by atoms with Gasteiger partial charge in [0, 0.05) is 11.3 Å². The van der Waals surface area contributed by atoms with E-state index in [0.29, 0.717) is 22.6 Å². The van der Waals surface area contributed by atoms with Crippen LogP contribution in [0.3, 0.4) is 0 Å². The summed E-state index contributed by atoms with van der Waals surface area (Å²) in [5.74, 6) is -0.369. The number of hydrogen-bond donors (Lipinski definition) is 1. The standard InChI is InChI=1S/C24H20N2O4/c1-30-21-10-6-5-9-20(21)23(28)25-19-12-11-17-14-22(27)26(15-18(17)13-19)24(29)16-7-3-2-4-8-16/h2-13H,14-15H2,1H3,(H,25,28). The lowest BCUT2D eigenvalue weighted by Gasteiger charge is -2.27. The molecule has 0 aromatic heterocycles. The van der Waals surface area contributed by atoms with Crippen molar-refractivity contribution in [3.05, 3.63) is 95.1 Å². The van der Waals surface area contributed by atoms with Crippen molar-refractivity contribution in [2.45, 2.75) is 13.0 Å². The van der Waals surface area contributed by atoms with Gasteiger partial charge in [0.15, 0.2) is 0 Å². The fourth-order valence-electron chi connectivity index (χ4n) is 3.49. The quantitative estimate of drug-likeness (QED) is 0.678. The van der Waals surface area contributed by atoms with E-state index in [4.69, 9.17) is 4.74 Å². The molecule has 0 saturated carbocycles. The molecule has 0 atom stereocenters. The van der Waals surface area contributed by atoms with Gasteiger partial charge in [-0.3, -0.25) is 19.3 Å². The second-order valence-electron chi connectivity index (χ2n) is 6.97. The van der Waals surface area contributed by atoms with Crippen LogP contribution in [0.15, 0.2) is 72.8 Å². The third-order valence-corrected chi connectivity index (χ3v) is 5.05. The van der Waals surface area contributed by atoms with Crippen LogP contribution in [-0.2, 0) is 17.8 Å². The Morgan fingerprint density at radius 3 is 2.43 bits per heavy atom. The van der Waals surface area contributed by atoms with Crippen molar-refractivity contribution in [3.63, 3.8) is 0 Å². The molecule has 30 heavy (non-hydrogen) atoms. The summed E-state index contributed by atoms with van der Waals surface area (Å²) in [4.78, 5) is 39.2. The Balaban J connectivity index is 1.56. The van der Waals surface area contributed by atoms with Crippen LogP contribution >= 0.6 is 0 Å². The molecular formula is C24H20N2O4. The summed E-state index contributed by atoms with van der Waals surface area (Å²) in [6.45, 7) is 0.167. The second kappa shape index (κ2) is 8.21. The summed E-state index contributed by atoms with van der Waals surface area (Å²) in [6.07, 6.45) is 0.147. The van der Waals surface area contributed by atoms with Crippen LogP contribution in [0.2, 0.25) is 0 Å². The van der Waals surface area contributed by atoms with Gasteiger partial charge in [0.05, 0.1) is 25.6 Å². The van der Waals surface area contributed by atoms with Gasteiger partial charge in [-0.2, -0.15) is 0 Å². The van der Waals surface area contributed by atoms with Crippen molar-refractivity contribution in [2.75, 3.05) is 12.4 Å². The number of nitrogens with one attached hydrogen (secondary N) is 1. The fourth-order valence-corrected chi connectivity index (χ4v) is 3.49. The lowest BCUT2D eigenvalue weighted by Crippen LogP contribution is -2.40. The molecule has 0 saturated heterocycles. The number of fused-ring (bicyclic) bond motifs is 1. The van der Waals surface area contributed by atoms with E-state index in [9.17, 15) is 14.4 Å². The second-order valence-corrected chi connectivity index (χ2v) is 6.97. The molecule has 1 heterocycles. The van der Waals surface area contributed by atoms with Gasteiger partial charge in [0.1, 0.15) is 5.75 Å². The molecule has 0 spiro atoms. The highest BCUT2D eigenvalue weighted by molar-refractivity contribution is 6.07. The molecule has 0 unspecified atom stereocenters. The normalized spacial score (nSPS) is 12.8. The Morgan fingerprint density at radius 2 is 1.67 bits per heavy atom. The van der Waals surface area contributed by atoms with Gasteiger partial charge in [0.2, 0.25) is 5.91 Å². The Bertz CT molecular complexity index is 1130. The van der Waals surface area contributed by atoms with Crippen molar-refractivity contribution >= 4 is 23.4 Å². The van der Waals surface area contributed by atoms with E-state index in [1.165, 1.54) is 12.0 Å². The molecule has 3 aromatic carbocycles. The highest BCUT2D eigenvalue weighted by Crippen LogP contribution is 2.26. The number of anilines is 1. The number of carbonyl (C=O) groups is 3. The van der Waals surface area contributed by atoms with Gasteiger partial charge in [-0.05, 0) is 47.5 Å². The Hall–Kier alpha value is -3.93. The van der Waals surface area contributed by atoms with E-state index in [1.54, 1.807) is 60.7 Å². The van der Waals surface area contributed by atoms with Crippen molar-refractivity contribution in [2.24, 2.45) is 0 Å². The predicted molar refractivity (Wildman–Crippen MR) is 112 cm³/mol. The molecule has 6 nitrogen and oxygen atoms in total. The molecular weight excluding hydrogens is 380 g/mol. The van der Waals surface area contributed by atoms with Gasteiger partial charge in [0.25, 0.3) is 11.8 Å². The minimum atomic E-state index is -0.324. The van der Waals surface area contributed by atoms with Crippen LogP contribution in [0.1, 0.15) is 31.8 Å². The smallest absolute Gasteiger partial charge is 0.260 e. The zero-order chi connectivity index (χ0) is 21.1. The predicted octanol–water partition coefficient (Wildman–Crippen LogP) is 3.67. The molecule has 0 fully saturated rings. The molecule has 4 rings (SSSR count). The van der Waals surface area contributed by atoms with Gasteiger partial charge in [-0.1, -0.05) is 36.4 Å². The maximum atomic E-state index is 12.8. The van der Waals surface area contributed by atoms with Crippen molar-refractivity contribution < 1.29 is 19.1 Å². The summed E-state index contributed by atoms with van der Waals surface area (Å²) in [6, 6.07) is 21.1. The number of nitrogens with zero attached hydrogens (tertiary/aromatic N) is 1. The zero-order valence-electron chi connectivity index (χ0n) is 16.4. The molecule has 150 valence electrons. The van der Waals surface area contributed by atoms with E-state index < -0.39 is 0 Å². The molecule has 1 aliphatic heterocycles. The van der Waals surface area contributed by atoms with E-state index >= 15 is 0 Å². The first-order valence-corrected chi connectivity index (χ1v) is 9.52. The highest BCUT2D eigenvalue weighted by atomic mass is 16.5.